The highest BCUT2D eigenvalue weighted by molar-refractivity contribution is 6.30. The minimum atomic E-state index is -0.182. The predicted molar refractivity (Wildman–Crippen MR) is 108 cm³/mol. The van der Waals surface area contributed by atoms with Gasteiger partial charge in [-0.05, 0) is 38.1 Å². The number of rotatable bonds is 5. The number of hydrogen-bond acceptors (Lipinski definition) is 5. The van der Waals surface area contributed by atoms with Gasteiger partial charge >= 0.3 is 6.09 Å². The lowest BCUT2D eigenvalue weighted by Crippen LogP contribution is -2.64. The van der Waals surface area contributed by atoms with Crippen molar-refractivity contribution >= 4 is 17.7 Å². The van der Waals surface area contributed by atoms with Gasteiger partial charge in [0.1, 0.15) is 6.17 Å². The molecule has 1 aromatic rings. The molecule has 2 aliphatic rings. The predicted octanol–water partition coefficient (Wildman–Crippen LogP) is 2.23. The second kappa shape index (κ2) is 9.73. The van der Waals surface area contributed by atoms with Gasteiger partial charge in [0, 0.05) is 57.4 Å². The molecule has 0 spiro atoms. The Bertz CT molecular complexity index is 605. The first kappa shape index (κ1) is 20.4. The molecule has 0 aromatic heterocycles. The van der Waals surface area contributed by atoms with Gasteiger partial charge in [0.05, 0.1) is 6.61 Å². The Morgan fingerprint density at radius 3 is 2.48 bits per heavy atom. The molecular weight excluding hydrogens is 364 g/mol. The molecule has 1 aromatic carbocycles. The van der Waals surface area contributed by atoms with Crippen molar-refractivity contribution in [2.45, 2.75) is 19.5 Å². The molecule has 2 aliphatic heterocycles. The number of ether oxygens (including phenoxy) is 1. The van der Waals surface area contributed by atoms with Crippen LogP contribution in [0.15, 0.2) is 24.3 Å². The monoisotopic (exact) mass is 394 g/mol. The number of amides is 1. The number of carbonyl (C=O) groups excluding carboxylic acids is 1. The summed E-state index contributed by atoms with van der Waals surface area (Å²) in [4.78, 5) is 21.6. The maximum absolute atomic E-state index is 12.5. The molecule has 0 N–H and O–H groups in total. The number of carbonyl (C=O) groups is 1. The van der Waals surface area contributed by atoms with Crippen LogP contribution in [0.25, 0.3) is 0 Å². The fraction of sp³-hybridized carbons (Fsp3) is 0.650. The molecule has 27 heavy (non-hydrogen) atoms. The van der Waals surface area contributed by atoms with Crippen LogP contribution in [0.3, 0.4) is 0 Å². The zero-order chi connectivity index (χ0) is 19.2. The number of likely N-dealkylation sites (N-methyl/N-ethyl adjacent to an activating group) is 1. The fourth-order valence-electron chi connectivity index (χ4n) is 3.81. The van der Waals surface area contributed by atoms with Crippen molar-refractivity contribution in [1.82, 2.24) is 19.6 Å². The minimum absolute atomic E-state index is 0.0942. The van der Waals surface area contributed by atoms with E-state index in [1.807, 2.05) is 24.0 Å². The van der Waals surface area contributed by atoms with Crippen LogP contribution in [0, 0.1) is 0 Å². The standard InChI is InChI=1S/C20H31ClN4O2/c1-3-27-20(26)25-15-12-23(9-8-17-4-6-18(21)7-5-17)16-19(25)24-13-10-22(2)11-14-24/h4-7,19H,3,8-16H2,1-2H3. The van der Waals surface area contributed by atoms with Gasteiger partial charge in [-0.15, -0.1) is 0 Å². The highest BCUT2D eigenvalue weighted by atomic mass is 35.5. The normalized spacial score (nSPS) is 22.8. The summed E-state index contributed by atoms with van der Waals surface area (Å²) in [5.74, 6) is 0. The number of hydrogen-bond donors (Lipinski definition) is 0. The van der Waals surface area contributed by atoms with Gasteiger partial charge in [0.15, 0.2) is 0 Å². The molecule has 0 saturated carbocycles. The summed E-state index contributed by atoms with van der Waals surface area (Å²) in [7, 11) is 2.15. The SMILES string of the molecule is CCOC(=O)N1CCN(CCc2ccc(Cl)cc2)CC1N1CCN(C)CC1. The molecule has 0 radical (unpaired) electrons. The maximum atomic E-state index is 12.5. The lowest BCUT2D eigenvalue weighted by atomic mass is 10.1. The summed E-state index contributed by atoms with van der Waals surface area (Å²) in [6, 6.07) is 8.08. The van der Waals surface area contributed by atoms with E-state index in [1.165, 1.54) is 5.56 Å². The third kappa shape index (κ3) is 5.57. The largest absolute Gasteiger partial charge is 0.450 e. The zero-order valence-corrected chi connectivity index (χ0v) is 17.2. The Kier molecular flexibility index (Phi) is 7.35. The summed E-state index contributed by atoms with van der Waals surface area (Å²) in [5, 5.41) is 0.775. The number of nitrogens with zero attached hydrogens (tertiary/aromatic N) is 4. The van der Waals surface area contributed by atoms with Crippen LogP contribution >= 0.6 is 11.6 Å². The molecular formula is C20H31ClN4O2. The molecule has 0 bridgehead atoms. The van der Waals surface area contributed by atoms with Crippen LogP contribution in [0.2, 0.25) is 5.02 Å². The van der Waals surface area contributed by atoms with E-state index in [9.17, 15) is 4.79 Å². The third-order valence-corrected chi connectivity index (χ3v) is 5.78. The van der Waals surface area contributed by atoms with Crippen molar-refractivity contribution in [3.8, 4) is 0 Å². The minimum Gasteiger partial charge on any atom is -0.450 e. The van der Waals surface area contributed by atoms with Gasteiger partial charge in [0.25, 0.3) is 0 Å². The topological polar surface area (TPSA) is 39.3 Å². The van der Waals surface area contributed by atoms with Crippen molar-refractivity contribution < 1.29 is 9.53 Å². The van der Waals surface area contributed by atoms with E-state index < -0.39 is 0 Å². The first-order valence-electron chi connectivity index (χ1n) is 9.89. The Morgan fingerprint density at radius 2 is 1.81 bits per heavy atom. The molecule has 2 saturated heterocycles. The van der Waals surface area contributed by atoms with Crippen molar-refractivity contribution in [1.29, 1.82) is 0 Å². The van der Waals surface area contributed by atoms with Gasteiger partial charge < -0.3 is 9.64 Å². The van der Waals surface area contributed by atoms with E-state index in [4.69, 9.17) is 16.3 Å². The zero-order valence-electron chi connectivity index (χ0n) is 16.4. The lowest BCUT2D eigenvalue weighted by Gasteiger charge is -2.47. The Labute approximate surface area is 167 Å². The number of piperazine rings is 2. The molecule has 6 nitrogen and oxygen atoms in total. The highest BCUT2D eigenvalue weighted by Gasteiger charge is 2.36. The van der Waals surface area contributed by atoms with Crippen molar-refractivity contribution in [3.05, 3.63) is 34.9 Å². The average Bonchev–Trinajstić information content (AvgIpc) is 2.68. The van der Waals surface area contributed by atoms with E-state index >= 15 is 0 Å². The second-order valence-electron chi connectivity index (χ2n) is 7.39. The van der Waals surface area contributed by atoms with Crippen LogP contribution in [0.1, 0.15) is 12.5 Å². The fourth-order valence-corrected chi connectivity index (χ4v) is 3.94. The van der Waals surface area contributed by atoms with Crippen LogP contribution < -0.4 is 0 Å². The van der Waals surface area contributed by atoms with E-state index in [0.717, 1.165) is 63.8 Å². The lowest BCUT2D eigenvalue weighted by molar-refractivity contribution is -0.0342. The quantitative estimate of drug-likeness (QED) is 0.765. The van der Waals surface area contributed by atoms with E-state index in [0.29, 0.717) is 6.61 Å². The van der Waals surface area contributed by atoms with Gasteiger partial charge in [-0.2, -0.15) is 0 Å². The van der Waals surface area contributed by atoms with Gasteiger partial charge in [0.2, 0.25) is 0 Å². The average molecular weight is 395 g/mol. The van der Waals surface area contributed by atoms with Crippen molar-refractivity contribution in [2.24, 2.45) is 0 Å². The number of halogens is 1. The molecule has 1 amide bonds. The second-order valence-corrected chi connectivity index (χ2v) is 7.83. The first-order valence-corrected chi connectivity index (χ1v) is 10.3. The molecule has 150 valence electrons. The molecule has 3 rings (SSSR count). The van der Waals surface area contributed by atoms with Crippen LogP contribution in [0.4, 0.5) is 4.79 Å². The summed E-state index contributed by atoms with van der Waals surface area (Å²) in [6.45, 7) is 9.81. The third-order valence-electron chi connectivity index (χ3n) is 5.53. The number of benzene rings is 1. The van der Waals surface area contributed by atoms with E-state index in [2.05, 4.69) is 33.9 Å². The van der Waals surface area contributed by atoms with E-state index in [1.54, 1.807) is 0 Å². The van der Waals surface area contributed by atoms with Gasteiger partial charge in [-0.25, -0.2) is 4.79 Å². The molecule has 7 heteroatoms. The molecule has 0 aliphatic carbocycles. The van der Waals surface area contributed by atoms with Gasteiger partial charge in [-0.1, -0.05) is 23.7 Å². The Balaban J connectivity index is 1.61. The summed E-state index contributed by atoms with van der Waals surface area (Å²) >= 11 is 5.98. The Hall–Kier alpha value is -1.34. The summed E-state index contributed by atoms with van der Waals surface area (Å²) < 4.78 is 5.32. The Morgan fingerprint density at radius 1 is 1.11 bits per heavy atom. The van der Waals surface area contributed by atoms with Crippen molar-refractivity contribution in [2.75, 3.05) is 66.0 Å². The van der Waals surface area contributed by atoms with Crippen LogP contribution in [0.5, 0.6) is 0 Å². The molecule has 1 atom stereocenters. The van der Waals surface area contributed by atoms with E-state index in [-0.39, 0.29) is 12.3 Å². The van der Waals surface area contributed by atoms with Crippen LogP contribution in [-0.2, 0) is 11.2 Å². The van der Waals surface area contributed by atoms with Gasteiger partial charge in [-0.3, -0.25) is 14.7 Å². The highest BCUT2D eigenvalue weighted by Crippen LogP contribution is 2.18. The maximum Gasteiger partial charge on any atom is 0.411 e. The summed E-state index contributed by atoms with van der Waals surface area (Å²) in [5.41, 5.74) is 1.29. The molecule has 2 heterocycles. The van der Waals surface area contributed by atoms with Crippen LogP contribution in [-0.4, -0.2) is 97.9 Å². The molecule has 1 unspecified atom stereocenters. The first-order chi connectivity index (χ1) is 13.1. The summed E-state index contributed by atoms with van der Waals surface area (Å²) in [6.07, 6.45) is 0.905. The molecule has 2 fully saturated rings. The van der Waals surface area contributed by atoms with Crippen molar-refractivity contribution in [3.63, 3.8) is 0 Å². The smallest absolute Gasteiger partial charge is 0.411 e.